The van der Waals surface area contributed by atoms with Gasteiger partial charge in [0.1, 0.15) is 0 Å². The first-order chi connectivity index (χ1) is 8.38. The van der Waals surface area contributed by atoms with E-state index in [1.54, 1.807) is 6.07 Å². The molecule has 18 heavy (non-hydrogen) atoms. The Labute approximate surface area is 105 Å². The summed E-state index contributed by atoms with van der Waals surface area (Å²) >= 11 is 0. The Balaban J connectivity index is 3.39. The van der Waals surface area contributed by atoms with E-state index in [1.165, 1.54) is 12.1 Å². The third-order valence-corrected chi connectivity index (χ3v) is 2.73. The third kappa shape index (κ3) is 2.68. The fraction of sp³-hybridized carbons (Fsp3) is 0.364. The van der Waals surface area contributed by atoms with Crippen LogP contribution in [0.4, 0.5) is 11.4 Å². The highest BCUT2D eigenvalue weighted by atomic mass is 16.6. The normalized spacial score (nSPS) is 11.7. The van der Waals surface area contributed by atoms with Crippen molar-refractivity contribution in [2.24, 2.45) is 10.9 Å². The first-order valence-electron chi connectivity index (χ1n) is 5.37. The second-order valence-corrected chi connectivity index (χ2v) is 4.15. The minimum atomic E-state index is -0.521. The van der Waals surface area contributed by atoms with Crippen LogP contribution < -0.4 is 10.6 Å². The number of hydrogen-bond acceptors (Lipinski definition) is 5. The zero-order valence-corrected chi connectivity index (χ0v) is 10.5. The van der Waals surface area contributed by atoms with Crippen LogP contribution >= 0.6 is 0 Å². The van der Waals surface area contributed by atoms with E-state index in [9.17, 15) is 10.1 Å². The summed E-state index contributed by atoms with van der Waals surface area (Å²) in [5.74, 6) is -0.152. The molecule has 98 valence electrons. The maximum absolute atomic E-state index is 10.7. The smallest absolute Gasteiger partial charge is 0.270 e. The largest absolute Gasteiger partial charge is 0.409 e. The third-order valence-electron chi connectivity index (χ3n) is 2.73. The number of oxime groups is 1. The Morgan fingerprint density at radius 3 is 2.61 bits per heavy atom. The summed E-state index contributed by atoms with van der Waals surface area (Å²) < 4.78 is 0. The summed E-state index contributed by atoms with van der Waals surface area (Å²) in [4.78, 5) is 12.1. The molecule has 7 heteroatoms. The van der Waals surface area contributed by atoms with Crippen molar-refractivity contribution in [2.45, 2.75) is 19.9 Å². The number of benzene rings is 1. The van der Waals surface area contributed by atoms with Gasteiger partial charge in [-0.15, -0.1) is 0 Å². The number of nitrogens with zero attached hydrogens (tertiary/aromatic N) is 3. The lowest BCUT2D eigenvalue weighted by atomic mass is 10.1. The second-order valence-electron chi connectivity index (χ2n) is 4.15. The molecule has 0 saturated carbocycles. The van der Waals surface area contributed by atoms with E-state index in [0.29, 0.717) is 11.3 Å². The molecular weight excluding hydrogens is 236 g/mol. The summed E-state index contributed by atoms with van der Waals surface area (Å²) in [5, 5.41) is 22.4. The first kappa shape index (κ1) is 13.8. The Morgan fingerprint density at radius 1 is 1.56 bits per heavy atom. The highest BCUT2D eigenvalue weighted by Crippen LogP contribution is 2.25. The van der Waals surface area contributed by atoms with Gasteiger partial charge in [0.05, 0.1) is 10.5 Å². The van der Waals surface area contributed by atoms with Gasteiger partial charge in [0.15, 0.2) is 5.84 Å². The predicted octanol–water partition coefficient (Wildman–Crippen LogP) is 1.53. The zero-order valence-electron chi connectivity index (χ0n) is 10.5. The maximum atomic E-state index is 10.7. The van der Waals surface area contributed by atoms with Gasteiger partial charge in [0.25, 0.3) is 5.69 Å². The highest BCUT2D eigenvalue weighted by Gasteiger charge is 2.17. The molecule has 1 rings (SSSR count). The van der Waals surface area contributed by atoms with Gasteiger partial charge in [0.2, 0.25) is 0 Å². The lowest BCUT2D eigenvalue weighted by Crippen LogP contribution is -2.28. The molecule has 0 atom stereocenters. The van der Waals surface area contributed by atoms with Gasteiger partial charge in [-0.3, -0.25) is 10.1 Å². The van der Waals surface area contributed by atoms with E-state index < -0.39 is 4.92 Å². The molecule has 0 aromatic heterocycles. The molecule has 0 aliphatic rings. The summed E-state index contributed by atoms with van der Waals surface area (Å²) in [6, 6.07) is 4.45. The monoisotopic (exact) mass is 252 g/mol. The number of amidine groups is 1. The van der Waals surface area contributed by atoms with Crippen molar-refractivity contribution in [3.8, 4) is 0 Å². The molecule has 0 bridgehead atoms. The summed E-state index contributed by atoms with van der Waals surface area (Å²) in [6.07, 6.45) is 0. The lowest BCUT2D eigenvalue weighted by molar-refractivity contribution is -0.384. The quantitative estimate of drug-likeness (QED) is 0.278. The molecule has 0 fully saturated rings. The number of rotatable bonds is 4. The topological polar surface area (TPSA) is 105 Å². The van der Waals surface area contributed by atoms with Crippen LogP contribution in [0.2, 0.25) is 0 Å². The number of non-ortho nitro benzene ring substituents is 1. The van der Waals surface area contributed by atoms with Crippen molar-refractivity contribution < 1.29 is 10.1 Å². The van der Waals surface area contributed by atoms with Gasteiger partial charge in [-0.25, -0.2) is 0 Å². The van der Waals surface area contributed by atoms with Gasteiger partial charge >= 0.3 is 0 Å². The SMILES string of the molecule is CC(C)N(C)c1ccc([N+](=O)[O-])cc1C(N)=NO. The molecule has 0 aliphatic heterocycles. The van der Waals surface area contributed by atoms with Gasteiger partial charge in [-0.2, -0.15) is 0 Å². The molecule has 1 aromatic rings. The Kier molecular flexibility index (Phi) is 4.09. The Hall–Kier alpha value is -2.31. The Morgan fingerprint density at radius 2 is 2.17 bits per heavy atom. The summed E-state index contributed by atoms with van der Waals surface area (Å²) in [5.41, 5.74) is 6.46. The van der Waals surface area contributed by atoms with Crippen LogP contribution in [0, 0.1) is 10.1 Å². The van der Waals surface area contributed by atoms with Crippen molar-refractivity contribution in [2.75, 3.05) is 11.9 Å². The van der Waals surface area contributed by atoms with Gasteiger partial charge < -0.3 is 15.8 Å². The molecule has 3 N–H and O–H groups in total. The Bertz CT molecular complexity index is 485. The fourth-order valence-corrected chi connectivity index (χ4v) is 1.48. The highest BCUT2D eigenvalue weighted by molar-refractivity contribution is 6.02. The molecule has 7 nitrogen and oxygen atoms in total. The number of nitrogens with two attached hydrogens (primary N) is 1. The van der Waals surface area contributed by atoms with E-state index >= 15 is 0 Å². The van der Waals surface area contributed by atoms with Crippen LogP contribution in [0.5, 0.6) is 0 Å². The number of anilines is 1. The maximum Gasteiger partial charge on any atom is 0.270 e. The molecule has 0 amide bonds. The average molecular weight is 252 g/mol. The van der Waals surface area contributed by atoms with Crippen LogP contribution in [0.1, 0.15) is 19.4 Å². The molecule has 0 unspecified atom stereocenters. The van der Waals surface area contributed by atoms with Crippen molar-refractivity contribution in [1.82, 2.24) is 0 Å². The van der Waals surface area contributed by atoms with Gasteiger partial charge in [0, 0.05) is 30.9 Å². The van der Waals surface area contributed by atoms with Crippen molar-refractivity contribution >= 4 is 17.2 Å². The average Bonchev–Trinajstić information content (AvgIpc) is 2.35. The zero-order chi connectivity index (χ0) is 13.9. The summed E-state index contributed by atoms with van der Waals surface area (Å²) in [6.45, 7) is 3.94. The molecule has 0 spiro atoms. The minimum absolute atomic E-state index is 0.0995. The van der Waals surface area contributed by atoms with Crippen molar-refractivity contribution in [3.05, 3.63) is 33.9 Å². The van der Waals surface area contributed by atoms with Crippen molar-refractivity contribution in [3.63, 3.8) is 0 Å². The van der Waals surface area contributed by atoms with Gasteiger partial charge in [-0.1, -0.05) is 5.16 Å². The van der Waals surface area contributed by atoms with Gasteiger partial charge in [-0.05, 0) is 19.9 Å². The van der Waals surface area contributed by atoms with Crippen LogP contribution in [0.15, 0.2) is 23.4 Å². The molecule has 0 saturated heterocycles. The van der Waals surface area contributed by atoms with E-state index in [0.717, 1.165) is 0 Å². The van der Waals surface area contributed by atoms with Crippen LogP contribution in [-0.4, -0.2) is 29.1 Å². The minimum Gasteiger partial charge on any atom is -0.409 e. The molecule has 0 radical (unpaired) electrons. The van der Waals surface area contributed by atoms with E-state index in [1.807, 2.05) is 25.8 Å². The first-order valence-corrected chi connectivity index (χ1v) is 5.37. The predicted molar refractivity (Wildman–Crippen MR) is 69.1 cm³/mol. The number of nitro benzene ring substituents is 1. The van der Waals surface area contributed by atoms with Crippen LogP contribution in [0.25, 0.3) is 0 Å². The van der Waals surface area contributed by atoms with E-state index in [-0.39, 0.29) is 17.6 Å². The van der Waals surface area contributed by atoms with E-state index in [2.05, 4.69) is 5.16 Å². The summed E-state index contributed by atoms with van der Waals surface area (Å²) in [7, 11) is 1.83. The lowest BCUT2D eigenvalue weighted by Gasteiger charge is -2.25. The fourth-order valence-electron chi connectivity index (χ4n) is 1.48. The number of hydrogen-bond donors (Lipinski definition) is 2. The molecule has 1 aromatic carbocycles. The molecule has 0 heterocycles. The standard InChI is InChI=1S/C11H16N4O3/c1-7(2)14(3)10-5-4-8(15(17)18)6-9(10)11(12)13-16/h4-7,16H,1-3H3,(H2,12,13). The van der Waals surface area contributed by atoms with Crippen LogP contribution in [0.3, 0.4) is 0 Å². The number of nitro groups is 1. The molecule has 0 aliphatic carbocycles. The van der Waals surface area contributed by atoms with E-state index in [4.69, 9.17) is 10.9 Å². The molecular formula is C11H16N4O3. The van der Waals surface area contributed by atoms with Crippen LogP contribution in [-0.2, 0) is 0 Å². The van der Waals surface area contributed by atoms with Crippen molar-refractivity contribution in [1.29, 1.82) is 0 Å². The second kappa shape index (κ2) is 5.35.